The van der Waals surface area contributed by atoms with Gasteiger partial charge in [-0.05, 0) is 41.0 Å². The zero-order valence-electron chi connectivity index (χ0n) is 11.5. The molecule has 1 heterocycles. The number of piperazine rings is 1. The van der Waals surface area contributed by atoms with E-state index in [1.54, 1.807) is 0 Å². The normalized spacial score (nSPS) is 26.2. The molecule has 0 aromatic heterocycles. The van der Waals surface area contributed by atoms with E-state index in [0.29, 0.717) is 12.1 Å². The smallest absolute Gasteiger partial charge is 0.0518 e. The Bertz CT molecular complexity index is 204. The number of ether oxygens (including phenoxy) is 1. The van der Waals surface area contributed by atoms with E-state index in [4.69, 9.17) is 4.74 Å². The molecule has 0 amide bonds. The van der Waals surface area contributed by atoms with Crippen molar-refractivity contribution in [3.05, 3.63) is 0 Å². The lowest BCUT2D eigenvalue weighted by molar-refractivity contribution is 0.0546. The van der Waals surface area contributed by atoms with Crippen molar-refractivity contribution in [1.29, 1.82) is 0 Å². The predicted octanol–water partition coefficient (Wildman–Crippen LogP) is 1.87. The lowest BCUT2D eigenvalue weighted by Crippen LogP contribution is -2.60. The average molecular weight is 228 g/mol. The van der Waals surface area contributed by atoms with Crippen LogP contribution in [0.3, 0.4) is 0 Å². The highest BCUT2D eigenvalue weighted by atomic mass is 16.5. The summed E-state index contributed by atoms with van der Waals surface area (Å²) in [6.45, 7) is 15.3. The van der Waals surface area contributed by atoms with Gasteiger partial charge in [0, 0.05) is 37.8 Å². The Labute approximate surface area is 101 Å². The summed E-state index contributed by atoms with van der Waals surface area (Å²) < 4.78 is 5.58. The molecule has 3 heteroatoms. The van der Waals surface area contributed by atoms with Crippen molar-refractivity contribution in [3.8, 4) is 0 Å². The molecule has 96 valence electrons. The fourth-order valence-electron chi connectivity index (χ4n) is 2.16. The van der Waals surface area contributed by atoms with E-state index >= 15 is 0 Å². The Balaban J connectivity index is 2.24. The highest BCUT2D eigenvalue weighted by Crippen LogP contribution is 2.14. The largest absolute Gasteiger partial charge is 0.379 e. The van der Waals surface area contributed by atoms with Crippen LogP contribution in [0.4, 0.5) is 0 Å². The van der Waals surface area contributed by atoms with E-state index in [9.17, 15) is 0 Å². The molecule has 1 saturated heterocycles. The number of nitrogens with zero attached hydrogens (tertiary/aromatic N) is 1. The van der Waals surface area contributed by atoms with Gasteiger partial charge in [0.25, 0.3) is 0 Å². The molecular formula is C13H28N2O. The first-order chi connectivity index (χ1) is 7.41. The Morgan fingerprint density at radius 2 is 2.12 bits per heavy atom. The van der Waals surface area contributed by atoms with Gasteiger partial charge in [-0.25, -0.2) is 0 Å². The molecule has 1 N–H and O–H groups in total. The Kier molecular flexibility index (Phi) is 5.22. The van der Waals surface area contributed by atoms with Crippen LogP contribution in [0.15, 0.2) is 0 Å². The van der Waals surface area contributed by atoms with Crippen LogP contribution in [0.1, 0.15) is 41.0 Å². The fourth-order valence-corrected chi connectivity index (χ4v) is 2.16. The van der Waals surface area contributed by atoms with Crippen molar-refractivity contribution >= 4 is 0 Å². The number of hydrogen-bond donors (Lipinski definition) is 1. The standard InChI is InChI=1S/C13H28N2O/c1-11(2)16-8-6-7-15-10-13(4,5)14-9-12(15)3/h11-12,14H,6-10H2,1-5H3. The minimum absolute atomic E-state index is 0.255. The minimum atomic E-state index is 0.255. The van der Waals surface area contributed by atoms with Crippen LogP contribution in [-0.2, 0) is 4.74 Å². The predicted molar refractivity (Wildman–Crippen MR) is 68.8 cm³/mol. The molecule has 1 aliphatic heterocycles. The molecule has 0 aliphatic carbocycles. The number of hydrogen-bond acceptors (Lipinski definition) is 3. The van der Waals surface area contributed by atoms with E-state index in [2.05, 4.69) is 44.8 Å². The Morgan fingerprint density at radius 1 is 1.44 bits per heavy atom. The minimum Gasteiger partial charge on any atom is -0.379 e. The third kappa shape index (κ3) is 4.81. The molecule has 1 fully saturated rings. The summed E-state index contributed by atoms with van der Waals surface area (Å²) in [6.07, 6.45) is 1.50. The highest BCUT2D eigenvalue weighted by molar-refractivity contribution is 4.90. The average Bonchev–Trinajstić information content (AvgIpc) is 2.17. The van der Waals surface area contributed by atoms with Crippen molar-refractivity contribution in [2.24, 2.45) is 0 Å². The summed E-state index contributed by atoms with van der Waals surface area (Å²) in [6, 6.07) is 0.645. The van der Waals surface area contributed by atoms with Gasteiger partial charge in [-0.1, -0.05) is 0 Å². The highest BCUT2D eigenvalue weighted by Gasteiger charge is 2.29. The molecule has 0 bridgehead atoms. The van der Waals surface area contributed by atoms with Gasteiger partial charge in [0.05, 0.1) is 6.10 Å². The second kappa shape index (κ2) is 5.99. The van der Waals surface area contributed by atoms with Crippen molar-refractivity contribution in [1.82, 2.24) is 10.2 Å². The summed E-state index contributed by atoms with van der Waals surface area (Å²) in [7, 11) is 0. The van der Waals surface area contributed by atoms with Gasteiger partial charge in [-0.3, -0.25) is 4.90 Å². The molecular weight excluding hydrogens is 200 g/mol. The summed E-state index contributed by atoms with van der Waals surface area (Å²) >= 11 is 0. The van der Waals surface area contributed by atoms with Crippen LogP contribution < -0.4 is 5.32 Å². The van der Waals surface area contributed by atoms with E-state index in [0.717, 1.165) is 32.7 Å². The van der Waals surface area contributed by atoms with E-state index < -0.39 is 0 Å². The molecule has 0 aromatic carbocycles. The van der Waals surface area contributed by atoms with Gasteiger partial charge in [-0.2, -0.15) is 0 Å². The first kappa shape index (κ1) is 13.9. The van der Waals surface area contributed by atoms with Gasteiger partial charge >= 0.3 is 0 Å². The van der Waals surface area contributed by atoms with Crippen LogP contribution >= 0.6 is 0 Å². The fraction of sp³-hybridized carbons (Fsp3) is 1.00. The van der Waals surface area contributed by atoms with Crippen LogP contribution in [0.25, 0.3) is 0 Å². The summed E-state index contributed by atoms with van der Waals surface area (Å²) in [5, 5.41) is 3.57. The maximum Gasteiger partial charge on any atom is 0.0518 e. The first-order valence-electron chi connectivity index (χ1n) is 6.51. The molecule has 3 nitrogen and oxygen atoms in total. The Hall–Kier alpha value is -0.120. The van der Waals surface area contributed by atoms with Gasteiger partial charge in [0.2, 0.25) is 0 Å². The SMILES string of the molecule is CC(C)OCCCN1CC(C)(C)NCC1C. The van der Waals surface area contributed by atoms with Crippen molar-refractivity contribution < 1.29 is 4.74 Å². The zero-order chi connectivity index (χ0) is 12.2. The maximum atomic E-state index is 5.58. The monoisotopic (exact) mass is 228 g/mol. The second-order valence-electron chi connectivity index (χ2n) is 5.86. The molecule has 1 atom stereocenters. The number of rotatable bonds is 5. The maximum absolute atomic E-state index is 5.58. The van der Waals surface area contributed by atoms with Crippen molar-refractivity contribution in [2.75, 3.05) is 26.2 Å². The first-order valence-corrected chi connectivity index (χ1v) is 6.51. The van der Waals surface area contributed by atoms with Crippen LogP contribution in [-0.4, -0.2) is 48.8 Å². The molecule has 0 saturated carbocycles. The zero-order valence-corrected chi connectivity index (χ0v) is 11.5. The molecule has 0 spiro atoms. The van der Waals surface area contributed by atoms with Gasteiger partial charge in [-0.15, -0.1) is 0 Å². The molecule has 0 radical (unpaired) electrons. The van der Waals surface area contributed by atoms with Crippen molar-refractivity contribution in [2.45, 2.75) is 58.7 Å². The van der Waals surface area contributed by atoms with E-state index in [1.807, 2.05) is 0 Å². The Morgan fingerprint density at radius 3 is 2.75 bits per heavy atom. The summed E-state index contributed by atoms with van der Waals surface area (Å²) in [5.74, 6) is 0. The van der Waals surface area contributed by atoms with Crippen LogP contribution in [0, 0.1) is 0 Å². The van der Waals surface area contributed by atoms with Crippen molar-refractivity contribution in [3.63, 3.8) is 0 Å². The molecule has 1 rings (SSSR count). The molecule has 16 heavy (non-hydrogen) atoms. The topological polar surface area (TPSA) is 24.5 Å². The molecule has 0 aromatic rings. The van der Waals surface area contributed by atoms with Crippen LogP contribution in [0.5, 0.6) is 0 Å². The van der Waals surface area contributed by atoms with Gasteiger partial charge in [0.15, 0.2) is 0 Å². The van der Waals surface area contributed by atoms with Gasteiger partial charge < -0.3 is 10.1 Å². The second-order valence-corrected chi connectivity index (χ2v) is 5.86. The van der Waals surface area contributed by atoms with Gasteiger partial charge in [0.1, 0.15) is 0 Å². The number of nitrogens with one attached hydrogen (secondary N) is 1. The summed E-state index contributed by atoms with van der Waals surface area (Å²) in [4.78, 5) is 2.57. The molecule has 1 unspecified atom stereocenters. The summed E-state index contributed by atoms with van der Waals surface area (Å²) in [5.41, 5.74) is 0.255. The van der Waals surface area contributed by atoms with E-state index in [-0.39, 0.29) is 5.54 Å². The van der Waals surface area contributed by atoms with E-state index in [1.165, 1.54) is 0 Å². The van der Waals surface area contributed by atoms with Crippen LogP contribution in [0.2, 0.25) is 0 Å². The quantitative estimate of drug-likeness (QED) is 0.727. The lowest BCUT2D eigenvalue weighted by Gasteiger charge is -2.43. The lowest BCUT2D eigenvalue weighted by atomic mass is 9.99. The third-order valence-electron chi connectivity index (χ3n) is 3.14. The third-order valence-corrected chi connectivity index (χ3v) is 3.14. The molecule has 1 aliphatic rings.